The number of hydrogen-bond acceptors (Lipinski definition) is 6. The number of nitrogens with two attached hydrogens (primary N) is 1. The number of hydrogen-bond donors (Lipinski definition) is 2. The highest BCUT2D eigenvalue weighted by molar-refractivity contribution is 6.45. The molecule has 36 heavy (non-hydrogen) atoms. The number of esters is 1. The third-order valence-electron chi connectivity index (χ3n) is 8.58. The molecule has 3 N–H and O–H groups in total. The van der Waals surface area contributed by atoms with E-state index in [0.29, 0.717) is 32.3 Å². The zero-order valence-electron chi connectivity index (χ0n) is 21.6. The van der Waals surface area contributed by atoms with Gasteiger partial charge in [0.05, 0.1) is 11.2 Å². The molecule has 4 atom stereocenters. The van der Waals surface area contributed by atoms with Gasteiger partial charge in [-0.1, -0.05) is 41.9 Å². The number of nitrogens with zero attached hydrogens (tertiary/aromatic N) is 4. The van der Waals surface area contributed by atoms with Crippen molar-refractivity contribution in [2.75, 3.05) is 13.1 Å². The highest BCUT2D eigenvalue weighted by Crippen LogP contribution is 2.53. The maximum absolute atomic E-state index is 13.6. The first-order valence-electron chi connectivity index (χ1n) is 12.7. The summed E-state index contributed by atoms with van der Waals surface area (Å²) >= 11 is 0. The van der Waals surface area contributed by atoms with Crippen LogP contribution in [0.3, 0.4) is 0 Å². The Kier molecular flexibility index (Phi) is 7.28. The van der Waals surface area contributed by atoms with Gasteiger partial charge in [0.2, 0.25) is 0 Å². The summed E-state index contributed by atoms with van der Waals surface area (Å²) in [6, 6.07) is 9.47. The first kappa shape index (κ1) is 26.3. The topological polar surface area (TPSA) is 147 Å². The Morgan fingerprint density at radius 1 is 1.25 bits per heavy atom. The van der Waals surface area contributed by atoms with Gasteiger partial charge in [0.1, 0.15) is 12.1 Å². The standard InChI is InChI=1S/C25H37BN6O4/c1-23(2)24(3,4)36-26(35-23)12-8-11-20-19-15-32(22(27)28)14-18(19)13-25(20,30-31-29)21(33)34-16-17-9-6-5-7-10-17/h5-7,9-10,18-20H,8,11-16H2,1-4H3,(H3,27,28)/t18-,19+,20-,25-/m0/s1. The molecule has 2 aliphatic heterocycles. The highest BCUT2D eigenvalue weighted by atomic mass is 16.7. The van der Waals surface area contributed by atoms with Crippen LogP contribution in [0.2, 0.25) is 6.32 Å². The van der Waals surface area contributed by atoms with Crippen molar-refractivity contribution >= 4 is 19.0 Å². The third kappa shape index (κ3) is 4.92. The lowest BCUT2D eigenvalue weighted by Crippen LogP contribution is -2.45. The fraction of sp³-hybridized carbons (Fsp3) is 0.680. The molecule has 0 radical (unpaired) electrons. The Hall–Kier alpha value is -2.75. The molecule has 0 aromatic heterocycles. The third-order valence-corrected chi connectivity index (χ3v) is 8.58. The van der Waals surface area contributed by atoms with Crippen molar-refractivity contribution in [3.8, 4) is 0 Å². The van der Waals surface area contributed by atoms with E-state index in [1.807, 2.05) is 62.9 Å². The normalized spacial score (nSPS) is 30.1. The molecule has 0 bridgehead atoms. The van der Waals surface area contributed by atoms with Gasteiger partial charge in [0.25, 0.3) is 0 Å². The van der Waals surface area contributed by atoms with Gasteiger partial charge in [0, 0.05) is 18.0 Å². The SMILES string of the molecule is CC1(C)OB(CCC[C@H]2[C@@H]3CN(C(=N)N)C[C@@H]3C[C@@]2(N=[N+]=[N-])C(=O)OCc2ccccc2)OC1(C)C. The van der Waals surface area contributed by atoms with Crippen LogP contribution in [0.1, 0.15) is 52.5 Å². The van der Waals surface area contributed by atoms with Crippen LogP contribution in [0.4, 0.5) is 0 Å². The van der Waals surface area contributed by atoms with Gasteiger partial charge in [-0.15, -0.1) is 0 Å². The second-order valence-corrected chi connectivity index (χ2v) is 11.3. The molecule has 0 spiro atoms. The van der Waals surface area contributed by atoms with Gasteiger partial charge < -0.3 is 24.7 Å². The minimum atomic E-state index is -1.28. The Bertz CT molecular complexity index is 1010. The first-order chi connectivity index (χ1) is 17.0. The molecule has 1 aliphatic carbocycles. The predicted octanol–water partition coefficient (Wildman–Crippen LogP) is 4.11. The second kappa shape index (κ2) is 9.96. The smallest absolute Gasteiger partial charge is 0.457 e. The van der Waals surface area contributed by atoms with Crippen molar-refractivity contribution in [2.45, 2.75) is 76.6 Å². The van der Waals surface area contributed by atoms with E-state index in [2.05, 4.69) is 10.0 Å². The van der Waals surface area contributed by atoms with Crippen molar-refractivity contribution in [3.63, 3.8) is 0 Å². The Labute approximate surface area is 213 Å². The number of nitrogens with one attached hydrogen (secondary N) is 1. The molecular formula is C25H37BN6O4. The number of guanidine groups is 1. The van der Waals surface area contributed by atoms with E-state index in [1.54, 1.807) is 0 Å². The number of carbonyl (C=O) groups excluding carboxylic acids is 1. The van der Waals surface area contributed by atoms with Gasteiger partial charge in [-0.25, -0.2) is 0 Å². The van der Waals surface area contributed by atoms with E-state index in [4.69, 9.17) is 25.2 Å². The van der Waals surface area contributed by atoms with Crippen LogP contribution in [0, 0.1) is 23.2 Å². The fourth-order valence-electron chi connectivity index (χ4n) is 6.03. The fourth-order valence-corrected chi connectivity index (χ4v) is 6.03. The molecule has 2 heterocycles. The van der Waals surface area contributed by atoms with Crippen LogP contribution in [0.15, 0.2) is 35.4 Å². The summed E-state index contributed by atoms with van der Waals surface area (Å²) in [5, 5.41) is 12.0. The Balaban J connectivity index is 1.51. The highest BCUT2D eigenvalue weighted by Gasteiger charge is 2.60. The maximum Gasteiger partial charge on any atom is 0.457 e. The summed E-state index contributed by atoms with van der Waals surface area (Å²) in [4.78, 5) is 18.5. The average molecular weight is 496 g/mol. The summed E-state index contributed by atoms with van der Waals surface area (Å²) in [7, 11) is -0.330. The summed E-state index contributed by atoms with van der Waals surface area (Å²) in [6.45, 7) is 9.37. The zero-order valence-corrected chi connectivity index (χ0v) is 21.6. The molecule has 2 saturated heterocycles. The zero-order chi connectivity index (χ0) is 26.1. The van der Waals surface area contributed by atoms with Crippen molar-refractivity contribution in [3.05, 3.63) is 46.3 Å². The maximum atomic E-state index is 13.6. The second-order valence-electron chi connectivity index (χ2n) is 11.3. The largest absolute Gasteiger partial charge is 0.460 e. The molecule has 4 rings (SSSR count). The Morgan fingerprint density at radius 2 is 1.92 bits per heavy atom. The van der Waals surface area contributed by atoms with Crippen LogP contribution in [-0.4, -0.2) is 53.8 Å². The minimum Gasteiger partial charge on any atom is -0.460 e. The predicted molar refractivity (Wildman–Crippen MR) is 137 cm³/mol. The molecule has 1 saturated carbocycles. The van der Waals surface area contributed by atoms with Crippen molar-refractivity contribution in [1.82, 2.24) is 4.90 Å². The van der Waals surface area contributed by atoms with E-state index in [-0.39, 0.29) is 37.4 Å². The van der Waals surface area contributed by atoms with Crippen molar-refractivity contribution in [2.24, 2.45) is 28.6 Å². The molecule has 194 valence electrons. The molecule has 3 fully saturated rings. The monoisotopic (exact) mass is 496 g/mol. The minimum absolute atomic E-state index is 0.0291. The van der Waals surface area contributed by atoms with Crippen molar-refractivity contribution < 1.29 is 18.8 Å². The molecule has 1 aromatic carbocycles. The summed E-state index contributed by atoms with van der Waals surface area (Å²) in [6.07, 6.45) is 2.44. The molecule has 0 amide bonds. The van der Waals surface area contributed by atoms with Crippen LogP contribution >= 0.6 is 0 Å². The van der Waals surface area contributed by atoms with Crippen molar-refractivity contribution in [1.29, 1.82) is 5.41 Å². The number of ether oxygens (including phenoxy) is 1. The van der Waals surface area contributed by atoms with Gasteiger partial charge in [-0.2, -0.15) is 0 Å². The van der Waals surface area contributed by atoms with Crippen LogP contribution in [0.5, 0.6) is 0 Å². The van der Waals surface area contributed by atoms with E-state index >= 15 is 0 Å². The number of likely N-dealkylation sites (tertiary alicyclic amines) is 1. The number of benzene rings is 1. The molecule has 11 heteroatoms. The lowest BCUT2D eigenvalue weighted by molar-refractivity contribution is -0.153. The van der Waals surface area contributed by atoms with E-state index in [9.17, 15) is 10.3 Å². The summed E-state index contributed by atoms with van der Waals surface area (Å²) in [5.41, 5.74) is 14.1. The van der Waals surface area contributed by atoms with Gasteiger partial charge in [0.15, 0.2) is 5.96 Å². The quantitative estimate of drug-likeness (QED) is 0.105. The van der Waals surface area contributed by atoms with E-state index < -0.39 is 22.7 Å². The molecule has 10 nitrogen and oxygen atoms in total. The molecular weight excluding hydrogens is 459 g/mol. The first-order valence-corrected chi connectivity index (χ1v) is 12.7. The van der Waals surface area contributed by atoms with Gasteiger partial charge >= 0.3 is 13.1 Å². The number of carbonyl (C=O) groups is 1. The number of azide groups is 1. The van der Waals surface area contributed by atoms with Crippen LogP contribution in [-0.2, 0) is 25.4 Å². The number of fused-ring (bicyclic) bond motifs is 1. The summed E-state index contributed by atoms with van der Waals surface area (Å²) < 4.78 is 18.0. The van der Waals surface area contributed by atoms with Crippen LogP contribution in [0.25, 0.3) is 10.4 Å². The van der Waals surface area contributed by atoms with E-state index in [1.165, 1.54) is 0 Å². The van der Waals surface area contributed by atoms with Crippen LogP contribution < -0.4 is 5.73 Å². The van der Waals surface area contributed by atoms with Gasteiger partial charge in [-0.3, -0.25) is 10.2 Å². The lowest BCUT2D eigenvalue weighted by Gasteiger charge is -2.32. The molecule has 0 unspecified atom stereocenters. The lowest BCUT2D eigenvalue weighted by atomic mass is 9.75. The van der Waals surface area contributed by atoms with E-state index in [0.717, 1.165) is 12.0 Å². The average Bonchev–Trinajstić information content (AvgIpc) is 3.41. The molecule has 3 aliphatic rings. The molecule has 1 aromatic rings. The van der Waals surface area contributed by atoms with Gasteiger partial charge in [-0.05, 0) is 75.7 Å². The number of rotatable bonds is 8. The summed E-state index contributed by atoms with van der Waals surface area (Å²) in [5.74, 6) is -0.518. The Morgan fingerprint density at radius 3 is 2.53 bits per heavy atom.